The molecule has 0 radical (unpaired) electrons. The molecule has 0 unspecified atom stereocenters. The van der Waals surface area contributed by atoms with E-state index < -0.39 is 9.84 Å². The molecular formula is C24H20N2O2S. The van der Waals surface area contributed by atoms with E-state index in [1.165, 1.54) is 12.1 Å². The van der Waals surface area contributed by atoms with E-state index >= 15 is 0 Å². The summed E-state index contributed by atoms with van der Waals surface area (Å²) in [6.07, 6.45) is 0. The predicted octanol–water partition coefficient (Wildman–Crippen LogP) is 5.02. The van der Waals surface area contributed by atoms with Gasteiger partial charge in [-0.3, -0.25) is 0 Å². The van der Waals surface area contributed by atoms with E-state index in [1.54, 1.807) is 12.1 Å². The van der Waals surface area contributed by atoms with Crippen LogP contribution in [0.3, 0.4) is 0 Å². The first-order valence-electron chi connectivity index (χ1n) is 9.13. The fourth-order valence-electron chi connectivity index (χ4n) is 3.41. The number of sulfone groups is 1. The van der Waals surface area contributed by atoms with Gasteiger partial charge in [-0.15, -0.1) is 0 Å². The molecule has 144 valence electrons. The molecule has 5 heteroatoms. The molecule has 4 nitrogen and oxygen atoms in total. The molecule has 0 aliphatic heterocycles. The van der Waals surface area contributed by atoms with Crippen LogP contribution in [-0.2, 0) is 9.84 Å². The summed E-state index contributed by atoms with van der Waals surface area (Å²) in [5.41, 5.74) is 16.1. The van der Waals surface area contributed by atoms with Crippen LogP contribution < -0.4 is 11.5 Å². The van der Waals surface area contributed by atoms with Crippen molar-refractivity contribution >= 4 is 21.2 Å². The number of para-hydroxylation sites is 2. The monoisotopic (exact) mass is 400 g/mol. The maximum absolute atomic E-state index is 13.5. The van der Waals surface area contributed by atoms with Crippen LogP contribution in [0.4, 0.5) is 11.4 Å². The maximum Gasteiger partial charge on any atom is 0.210 e. The number of anilines is 2. The highest BCUT2D eigenvalue weighted by atomic mass is 32.2. The Kier molecular flexibility index (Phi) is 4.82. The summed E-state index contributed by atoms with van der Waals surface area (Å²) in [7, 11) is -3.91. The summed E-state index contributed by atoms with van der Waals surface area (Å²) in [5.74, 6) is 0. The van der Waals surface area contributed by atoms with Crippen LogP contribution in [0.2, 0.25) is 0 Å². The standard InChI is InChI=1S/C24H20N2O2S/c25-23-19(17-9-3-1-4-10-17)13-7-15-21(23)29(27,28)22-16-8-14-20(24(22)26)18-11-5-2-6-12-18/h1-16H,25-26H2. The molecule has 0 bridgehead atoms. The van der Waals surface area contributed by atoms with E-state index in [9.17, 15) is 8.42 Å². The number of nitrogen functional groups attached to an aromatic ring is 2. The minimum absolute atomic E-state index is 0.0516. The minimum Gasteiger partial charge on any atom is -0.397 e. The Morgan fingerprint density at radius 3 is 1.24 bits per heavy atom. The molecule has 4 rings (SSSR count). The zero-order chi connectivity index (χ0) is 20.4. The second-order valence-electron chi connectivity index (χ2n) is 6.67. The molecule has 0 heterocycles. The molecular weight excluding hydrogens is 380 g/mol. The lowest BCUT2D eigenvalue weighted by Crippen LogP contribution is -2.09. The zero-order valence-electron chi connectivity index (χ0n) is 15.6. The van der Waals surface area contributed by atoms with Crippen LogP contribution in [0.5, 0.6) is 0 Å². The SMILES string of the molecule is Nc1c(-c2ccccc2)cccc1S(=O)(=O)c1cccc(-c2ccccc2)c1N. The summed E-state index contributed by atoms with van der Waals surface area (Å²) in [6.45, 7) is 0. The summed E-state index contributed by atoms with van der Waals surface area (Å²) in [5, 5.41) is 0. The van der Waals surface area contributed by atoms with Crippen molar-refractivity contribution in [1.82, 2.24) is 0 Å². The Morgan fingerprint density at radius 2 is 0.862 bits per heavy atom. The lowest BCUT2D eigenvalue weighted by molar-refractivity contribution is 0.597. The fourth-order valence-corrected chi connectivity index (χ4v) is 4.97. The second kappa shape index (κ2) is 7.45. The Hall–Kier alpha value is -3.57. The van der Waals surface area contributed by atoms with Gasteiger partial charge in [0.15, 0.2) is 0 Å². The van der Waals surface area contributed by atoms with Gasteiger partial charge in [-0.1, -0.05) is 84.9 Å². The molecule has 0 amide bonds. The molecule has 0 spiro atoms. The summed E-state index contributed by atoms with van der Waals surface area (Å²) in [6, 6.07) is 29.0. The van der Waals surface area contributed by atoms with Crippen molar-refractivity contribution in [2.45, 2.75) is 9.79 Å². The van der Waals surface area contributed by atoms with Crippen molar-refractivity contribution in [2.24, 2.45) is 0 Å². The van der Waals surface area contributed by atoms with Crippen LogP contribution in [0.15, 0.2) is 107 Å². The lowest BCUT2D eigenvalue weighted by Gasteiger charge is -2.15. The summed E-state index contributed by atoms with van der Waals surface area (Å²) < 4.78 is 27.0. The van der Waals surface area contributed by atoms with Crippen molar-refractivity contribution in [2.75, 3.05) is 11.5 Å². The first-order valence-corrected chi connectivity index (χ1v) is 10.6. The smallest absolute Gasteiger partial charge is 0.210 e. The summed E-state index contributed by atoms with van der Waals surface area (Å²) >= 11 is 0. The molecule has 29 heavy (non-hydrogen) atoms. The quantitative estimate of drug-likeness (QED) is 0.471. The van der Waals surface area contributed by atoms with E-state index in [0.29, 0.717) is 11.1 Å². The van der Waals surface area contributed by atoms with Gasteiger partial charge in [0, 0.05) is 11.1 Å². The average molecular weight is 401 g/mol. The molecule has 0 atom stereocenters. The molecule has 0 aromatic heterocycles. The first-order chi connectivity index (χ1) is 14.0. The van der Waals surface area contributed by atoms with E-state index in [2.05, 4.69) is 0 Å². The molecule has 0 aliphatic rings. The molecule has 4 N–H and O–H groups in total. The van der Waals surface area contributed by atoms with Crippen molar-refractivity contribution in [3.63, 3.8) is 0 Å². The Labute approximate surface area is 170 Å². The maximum atomic E-state index is 13.5. The highest BCUT2D eigenvalue weighted by molar-refractivity contribution is 7.91. The van der Waals surface area contributed by atoms with Crippen molar-refractivity contribution in [3.05, 3.63) is 97.1 Å². The lowest BCUT2D eigenvalue weighted by atomic mass is 10.0. The van der Waals surface area contributed by atoms with E-state index in [-0.39, 0.29) is 21.2 Å². The third kappa shape index (κ3) is 3.37. The van der Waals surface area contributed by atoms with E-state index in [4.69, 9.17) is 11.5 Å². The third-order valence-corrected chi connectivity index (χ3v) is 6.75. The van der Waals surface area contributed by atoms with Gasteiger partial charge in [-0.2, -0.15) is 0 Å². The summed E-state index contributed by atoms with van der Waals surface area (Å²) in [4.78, 5) is 0.103. The Bertz CT molecular complexity index is 1170. The third-order valence-electron chi connectivity index (χ3n) is 4.88. The number of hydrogen-bond donors (Lipinski definition) is 2. The number of hydrogen-bond acceptors (Lipinski definition) is 4. The molecule has 0 saturated heterocycles. The molecule has 0 aliphatic carbocycles. The average Bonchev–Trinajstić information content (AvgIpc) is 2.75. The van der Waals surface area contributed by atoms with Crippen molar-refractivity contribution in [3.8, 4) is 22.3 Å². The van der Waals surface area contributed by atoms with E-state index in [1.807, 2.05) is 72.8 Å². The van der Waals surface area contributed by atoms with Gasteiger partial charge < -0.3 is 11.5 Å². The second-order valence-corrected chi connectivity index (χ2v) is 8.56. The predicted molar refractivity (Wildman–Crippen MR) is 118 cm³/mol. The molecule has 4 aromatic rings. The molecule has 0 saturated carbocycles. The van der Waals surface area contributed by atoms with Gasteiger partial charge in [-0.05, 0) is 23.3 Å². The van der Waals surface area contributed by atoms with Gasteiger partial charge in [0.2, 0.25) is 9.84 Å². The topological polar surface area (TPSA) is 86.2 Å². The van der Waals surface area contributed by atoms with Crippen molar-refractivity contribution in [1.29, 1.82) is 0 Å². The molecule has 4 aromatic carbocycles. The largest absolute Gasteiger partial charge is 0.397 e. The van der Waals surface area contributed by atoms with Gasteiger partial charge >= 0.3 is 0 Å². The zero-order valence-corrected chi connectivity index (χ0v) is 16.4. The highest BCUT2D eigenvalue weighted by Crippen LogP contribution is 2.38. The van der Waals surface area contributed by atoms with Crippen LogP contribution in [0.25, 0.3) is 22.3 Å². The van der Waals surface area contributed by atoms with Crippen LogP contribution >= 0.6 is 0 Å². The highest BCUT2D eigenvalue weighted by Gasteiger charge is 2.25. The number of nitrogens with two attached hydrogens (primary N) is 2. The van der Waals surface area contributed by atoms with Gasteiger partial charge in [-0.25, -0.2) is 8.42 Å². The normalized spacial score (nSPS) is 11.3. The van der Waals surface area contributed by atoms with Gasteiger partial charge in [0.05, 0.1) is 21.2 Å². The minimum atomic E-state index is -3.91. The van der Waals surface area contributed by atoms with Crippen LogP contribution in [-0.4, -0.2) is 8.42 Å². The molecule has 0 fully saturated rings. The fraction of sp³-hybridized carbons (Fsp3) is 0. The van der Waals surface area contributed by atoms with Gasteiger partial charge in [0.25, 0.3) is 0 Å². The van der Waals surface area contributed by atoms with Crippen LogP contribution in [0.1, 0.15) is 0 Å². The van der Waals surface area contributed by atoms with E-state index in [0.717, 1.165) is 11.1 Å². The Balaban J connectivity index is 1.88. The van der Waals surface area contributed by atoms with Crippen molar-refractivity contribution < 1.29 is 8.42 Å². The number of rotatable bonds is 4. The number of benzene rings is 4. The first kappa shape index (κ1) is 18.8. The Morgan fingerprint density at radius 1 is 0.483 bits per heavy atom. The van der Waals surface area contributed by atoms with Crippen LogP contribution in [0, 0.1) is 0 Å². The van der Waals surface area contributed by atoms with Gasteiger partial charge in [0.1, 0.15) is 0 Å².